The van der Waals surface area contributed by atoms with Crippen molar-refractivity contribution in [3.63, 3.8) is 0 Å². The van der Waals surface area contributed by atoms with Crippen LogP contribution in [-0.4, -0.2) is 55.1 Å². The van der Waals surface area contributed by atoms with E-state index in [4.69, 9.17) is 0 Å². The molecule has 2 aliphatic heterocycles. The van der Waals surface area contributed by atoms with Gasteiger partial charge in [0.25, 0.3) is 0 Å². The van der Waals surface area contributed by atoms with Gasteiger partial charge in [0.2, 0.25) is 5.91 Å². The summed E-state index contributed by atoms with van der Waals surface area (Å²) < 4.78 is 2.15. The summed E-state index contributed by atoms with van der Waals surface area (Å²) in [5.41, 5.74) is 1.23. The second kappa shape index (κ2) is 7.99. The SMILES string of the molecule is CC(C)n1cnnc1CN1CCC2(CCC(=O)N(Cc3ccccn3)C2)CC1. The number of rotatable bonds is 5. The van der Waals surface area contributed by atoms with Crippen molar-refractivity contribution in [3.05, 3.63) is 42.2 Å². The number of carbonyl (C=O) groups is 1. The monoisotopic (exact) mass is 382 g/mol. The molecule has 2 aromatic heterocycles. The number of hydrogen-bond donors (Lipinski definition) is 0. The zero-order valence-electron chi connectivity index (χ0n) is 16.9. The number of nitrogens with zero attached hydrogens (tertiary/aromatic N) is 6. The van der Waals surface area contributed by atoms with E-state index in [1.807, 2.05) is 29.4 Å². The molecule has 7 nitrogen and oxygen atoms in total. The van der Waals surface area contributed by atoms with E-state index in [9.17, 15) is 4.79 Å². The second-order valence-corrected chi connectivity index (χ2v) is 8.60. The third-order valence-electron chi connectivity index (χ3n) is 6.31. The average molecular weight is 383 g/mol. The van der Waals surface area contributed by atoms with E-state index in [-0.39, 0.29) is 11.3 Å². The van der Waals surface area contributed by atoms with Gasteiger partial charge in [-0.15, -0.1) is 10.2 Å². The smallest absolute Gasteiger partial charge is 0.222 e. The largest absolute Gasteiger partial charge is 0.336 e. The maximum Gasteiger partial charge on any atom is 0.222 e. The highest BCUT2D eigenvalue weighted by molar-refractivity contribution is 5.77. The van der Waals surface area contributed by atoms with Crippen molar-refractivity contribution in [2.75, 3.05) is 19.6 Å². The molecule has 0 radical (unpaired) electrons. The Hall–Kier alpha value is -2.28. The fraction of sp³-hybridized carbons (Fsp3) is 0.619. The lowest BCUT2D eigenvalue weighted by Gasteiger charge is -2.47. The lowest BCUT2D eigenvalue weighted by molar-refractivity contribution is -0.140. The van der Waals surface area contributed by atoms with Crippen LogP contribution in [0.2, 0.25) is 0 Å². The quantitative estimate of drug-likeness (QED) is 0.795. The van der Waals surface area contributed by atoms with Crippen LogP contribution in [0.3, 0.4) is 0 Å². The van der Waals surface area contributed by atoms with Gasteiger partial charge < -0.3 is 9.47 Å². The summed E-state index contributed by atoms with van der Waals surface area (Å²) in [6, 6.07) is 6.28. The molecule has 1 amide bonds. The molecular formula is C21H30N6O. The molecule has 2 saturated heterocycles. The highest BCUT2D eigenvalue weighted by atomic mass is 16.2. The van der Waals surface area contributed by atoms with Gasteiger partial charge in [-0.3, -0.25) is 14.7 Å². The third kappa shape index (κ3) is 4.09. The Morgan fingerprint density at radius 2 is 1.96 bits per heavy atom. The fourth-order valence-electron chi connectivity index (χ4n) is 4.54. The molecule has 0 atom stereocenters. The zero-order valence-corrected chi connectivity index (χ0v) is 16.9. The Balaban J connectivity index is 1.36. The average Bonchev–Trinajstić information content (AvgIpc) is 3.16. The summed E-state index contributed by atoms with van der Waals surface area (Å²) in [5, 5.41) is 8.40. The first kappa shape index (κ1) is 19.1. The van der Waals surface area contributed by atoms with E-state index >= 15 is 0 Å². The molecule has 2 aliphatic rings. The van der Waals surface area contributed by atoms with Gasteiger partial charge in [-0.2, -0.15) is 0 Å². The summed E-state index contributed by atoms with van der Waals surface area (Å²) in [7, 11) is 0. The highest BCUT2D eigenvalue weighted by Gasteiger charge is 2.41. The van der Waals surface area contributed by atoms with Gasteiger partial charge in [-0.25, -0.2) is 0 Å². The molecule has 0 bridgehead atoms. The van der Waals surface area contributed by atoms with Crippen molar-refractivity contribution < 1.29 is 4.79 Å². The number of piperidine rings is 2. The molecular weight excluding hydrogens is 352 g/mol. The molecule has 0 saturated carbocycles. The standard InChI is InChI=1S/C21H30N6O/c1-17(2)27-16-23-24-19(27)14-25-11-8-21(9-12-25)7-6-20(28)26(15-21)13-18-5-3-4-10-22-18/h3-5,10,16-17H,6-9,11-15H2,1-2H3. The van der Waals surface area contributed by atoms with E-state index in [0.29, 0.717) is 19.0 Å². The maximum atomic E-state index is 12.5. The molecule has 150 valence electrons. The minimum atomic E-state index is 0.255. The molecule has 0 aliphatic carbocycles. The Kier molecular flexibility index (Phi) is 5.44. The third-order valence-corrected chi connectivity index (χ3v) is 6.31. The minimum absolute atomic E-state index is 0.255. The number of amides is 1. The first-order chi connectivity index (χ1) is 13.5. The topological polar surface area (TPSA) is 67.2 Å². The van der Waals surface area contributed by atoms with Crippen LogP contribution in [-0.2, 0) is 17.9 Å². The predicted molar refractivity (Wildman–Crippen MR) is 106 cm³/mol. The normalized spacial score (nSPS) is 20.2. The Labute approximate surface area is 166 Å². The first-order valence-electron chi connectivity index (χ1n) is 10.3. The van der Waals surface area contributed by atoms with Crippen LogP contribution in [0.4, 0.5) is 0 Å². The van der Waals surface area contributed by atoms with Crippen LogP contribution in [0.1, 0.15) is 57.1 Å². The maximum absolute atomic E-state index is 12.5. The van der Waals surface area contributed by atoms with Crippen LogP contribution in [0.5, 0.6) is 0 Å². The van der Waals surface area contributed by atoms with Crippen LogP contribution in [0.15, 0.2) is 30.7 Å². The van der Waals surface area contributed by atoms with Crippen LogP contribution >= 0.6 is 0 Å². The van der Waals surface area contributed by atoms with Crippen molar-refractivity contribution in [3.8, 4) is 0 Å². The summed E-state index contributed by atoms with van der Waals surface area (Å²) in [4.78, 5) is 21.4. The van der Waals surface area contributed by atoms with E-state index in [1.54, 1.807) is 6.20 Å². The van der Waals surface area contributed by atoms with Gasteiger partial charge in [0.05, 0.1) is 18.8 Å². The zero-order chi connectivity index (χ0) is 19.6. The van der Waals surface area contributed by atoms with E-state index in [0.717, 1.165) is 57.0 Å². The Bertz CT molecular complexity index is 794. The lowest BCUT2D eigenvalue weighted by Crippen LogP contribution is -2.51. The minimum Gasteiger partial charge on any atom is -0.336 e. The molecule has 2 aromatic rings. The number of likely N-dealkylation sites (tertiary alicyclic amines) is 2. The van der Waals surface area contributed by atoms with Crippen molar-refractivity contribution >= 4 is 5.91 Å². The number of carbonyl (C=O) groups excluding carboxylic acids is 1. The lowest BCUT2D eigenvalue weighted by atomic mass is 9.72. The molecule has 4 rings (SSSR count). The van der Waals surface area contributed by atoms with Crippen molar-refractivity contribution in [2.24, 2.45) is 5.41 Å². The molecule has 0 N–H and O–H groups in total. The fourth-order valence-corrected chi connectivity index (χ4v) is 4.54. The van der Waals surface area contributed by atoms with Gasteiger partial charge in [-0.1, -0.05) is 6.07 Å². The molecule has 4 heterocycles. The molecule has 2 fully saturated rings. The second-order valence-electron chi connectivity index (χ2n) is 8.60. The summed E-state index contributed by atoms with van der Waals surface area (Å²) in [6.45, 7) is 8.76. The first-order valence-corrected chi connectivity index (χ1v) is 10.3. The molecule has 1 spiro atoms. The van der Waals surface area contributed by atoms with Gasteiger partial charge in [0.15, 0.2) is 0 Å². The van der Waals surface area contributed by atoms with Crippen molar-refractivity contribution in [1.29, 1.82) is 0 Å². The Morgan fingerprint density at radius 1 is 1.14 bits per heavy atom. The van der Waals surface area contributed by atoms with E-state index in [1.165, 1.54) is 0 Å². The highest BCUT2D eigenvalue weighted by Crippen LogP contribution is 2.40. The van der Waals surface area contributed by atoms with Crippen LogP contribution in [0, 0.1) is 5.41 Å². The summed E-state index contributed by atoms with van der Waals surface area (Å²) in [5.74, 6) is 1.31. The predicted octanol–water partition coefficient (Wildman–Crippen LogP) is 2.66. The van der Waals surface area contributed by atoms with E-state index in [2.05, 4.69) is 38.5 Å². The van der Waals surface area contributed by atoms with Gasteiger partial charge in [-0.05, 0) is 63.7 Å². The van der Waals surface area contributed by atoms with Crippen molar-refractivity contribution in [2.45, 2.75) is 58.7 Å². The molecule has 7 heteroatoms. The number of aromatic nitrogens is 4. The van der Waals surface area contributed by atoms with Crippen LogP contribution < -0.4 is 0 Å². The Morgan fingerprint density at radius 3 is 2.68 bits per heavy atom. The number of hydrogen-bond acceptors (Lipinski definition) is 5. The number of pyridine rings is 1. The molecule has 0 unspecified atom stereocenters. The van der Waals surface area contributed by atoms with Crippen molar-refractivity contribution in [1.82, 2.24) is 29.5 Å². The van der Waals surface area contributed by atoms with Crippen LogP contribution in [0.25, 0.3) is 0 Å². The molecule has 0 aromatic carbocycles. The van der Waals surface area contributed by atoms with Gasteiger partial charge in [0, 0.05) is 25.2 Å². The van der Waals surface area contributed by atoms with E-state index < -0.39 is 0 Å². The summed E-state index contributed by atoms with van der Waals surface area (Å²) >= 11 is 0. The van der Waals surface area contributed by atoms with Gasteiger partial charge in [0.1, 0.15) is 12.2 Å². The summed E-state index contributed by atoms with van der Waals surface area (Å²) in [6.07, 6.45) is 7.57. The molecule has 28 heavy (non-hydrogen) atoms. The van der Waals surface area contributed by atoms with Gasteiger partial charge >= 0.3 is 0 Å².